The summed E-state index contributed by atoms with van der Waals surface area (Å²) in [5.74, 6) is 0. The van der Waals surface area contributed by atoms with Crippen LogP contribution in [0, 0.1) is 0 Å². The van der Waals surface area contributed by atoms with Gasteiger partial charge in [-0.2, -0.15) is 4.31 Å². The number of hydrogen-bond acceptors (Lipinski definition) is 9. The van der Waals surface area contributed by atoms with E-state index in [1.807, 2.05) is 0 Å². The number of rotatable bonds is 5. The second kappa shape index (κ2) is 6.44. The lowest BCUT2D eigenvalue weighted by atomic mass is 9.98. The zero-order valence-corrected chi connectivity index (χ0v) is 11.6. The summed E-state index contributed by atoms with van der Waals surface area (Å²) in [6.45, 7) is -0.764. The minimum absolute atomic E-state index is 0.764. The van der Waals surface area contributed by atoms with Crippen LogP contribution in [0.25, 0.3) is 0 Å². The van der Waals surface area contributed by atoms with E-state index in [4.69, 9.17) is 30.3 Å². The second-order valence-corrected chi connectivity index (χ2v) is 6.71. The van der Waals surface area contributed by atoms with Crippen molar-refractivity contribution in [1.82, 2.24) is 0 Å². The quantitative estimate of drug-likeness (QED) is 0.250. The highest BCUT2D eigenvalue weighted by Crippen LogP contribution is 2.58. The van der Waals surface area contributed by atoms with Crippen LogP contribution in [-0.2, 0) is 22.7 Å². The first-order valence-electron chi connectivity index (χ1n) is 5.13. The summed E-state index contributed by atoms with van der Waals surface area (Å²) < 4.78 is 34.4. The Bertz CT molecular complexity index is 423. The van der Waals surface area contributed by atoms with Crippen LogP contribution in [0.1, 0.15) is 0 Å². The Balaban J connectivity index is 2.80. The fourth-order valence-corrected chi connectivity index (χ4v) is 3.17. The summed E-state index contributed by atoms with van der Waals surface area (Å²) in [5, 5.41) is 27.9. The predicted octanol–water partition coefficient (Wildman–Crippen LogP) is -3.02. The highest BCUT2D eigenvalue weighted by molar-refractivity contribution is 7.60. The van der Waals surface area contributed by atoms with Crippen LogP contribution in [0.4, 0.5) is 0 Å². The van der Waals surface area contributed by atoms with Gasteiger partial charge in [-0.15, -0.1) is 0 Å². The van der Waals surface area contributed by atoms with Gasteiger partial charge in [-0.05, 0) is 0 Å². The number of aliphatic hydroxyl groups is 3. The third kappa shape index (κ3) is 4.81. The summed E-state index contributed by atoms with van der Waals surface area (Å²) in [6.07, 6.45) is -6.45. The SMILES string of the molecule is N[C@H]1C(OP(=O)(O)OP(=O)(O)O)O[C@H](CO)[C@@H](O)[C@@H]1O. The van der Waals surface area contributed by atoms with E-state index < -0.39 is 52.9 Å². The van der Waals surface area contributed by atoms with Crippen LogP contribution >= 0.6 is 15.6 Å². The first-order valence-corrected chi connectivity index (χ1v) is 8.15. The monoisotopic (exact) mass is 339 g/mol. The van der Waals surface area contributed by atoms with Crippen molar-refractivity contribution in [1.29, 1.82) is 0 Å². The third-order valence-corrected chi connectivity index (χ3v) is 4.53. The Morgan fingerprint density at radius 1 is 1.15 bits per heavy atom. The minimum atomic E-state index is -5.32. The first kappa shape index (κ1) is 18.1. The van der Waals surface area contributed by atoms with E-state index in [-0.39, 0.29) is 0 Å². The van der Waals surface area contributed by atoms with Crippen molar-refractivity contribution >= 4 is 15.6 Å². The molecular weight excluding hydrogens is 324 g/mol. The van der Waals surface area contributed by atoms with Gasteiger partial charge in [0.15, 0.2) is 6.29 Å². The fraction of sp³-hybridized carbons (Fsp3) is 1.00. The molecule has 1 heterocycles. The molecule has 120 valence electrons. The number of ether oxygens (including phenoxy) is 1. The van der Waals surface area contributed by atoms with Crippen molar-refractivity contribution in [2.75, 3.05) is 6.61 Å². The average molecular weight is 339 g/mol. The van der Waals surface area contributed by atoms with E-state index in [1.54, 1.807) is 0 Å². The van der Waals surface area contributed by atoms with Gasteiger partial charge >= 0.3 is 15.6 Å². The molecule has 1 rings (SSSR count). The Morgan fingerprint density at radius 2 is 1.70 bits per heavy atom. The average Bonchev–Trinajstić information content (AvgIpc) is 2.26. The molecule has 6 atom stereocenters. The molecule has 0 spiro atoms. The van der Waals surface area contributed by atoms with E-state index in [0.717, 1.165) is 0 Å². The Morgan fingerprint density at radius 3 is 2.15 bits per heavy atom. The van der Waals surface area contributed by atoms with Crippen molar-refractivity contribution in [3.63, 3.8) is 0 Å². The summed E-state index contributed by atoms with van der Waals surface area (Å²) in [7, 11) is -10.6. The molecule has 0 aromatic heterocycles. The number of phosphoric ester groups is 1. The van der Waals surface area contributed by atoms with Crippen LogP contribution < -0.4 is 5.73 Å². The molecule has 0 saturated carbocycles. The van der Waals surface area contributed by atoms with Crippen LogP contribution in [0.3, 0.4) is 0 Å². The maximum atomic E-state index is 11.3. The van der Waals surface area contributed by atoms with Gasteiger partial charge in [-0.25, -0.2) is 9.13 Å². The predicted molar refractivity (Wildman–Crippen MR) is 59.8 cm³/mol. The standard InChI is InChI=1S/C6H15NO11P2/c7-3-5(10)4(9)2(1-8)16-6(3)17-20(14,15)18-19(11,12)13/h2-6,8-10H,1,7H2,(H,14,15)(H2,11,12,13)/t2-,3-,4-,5-,6?/m1/s1. The van der Waals surface area contributed by atoms with Gasteiger partial charge in [0.2, 0.25) is 0 Å². The zero-order valence-electron chi connectivity index (χ0n) is 9.79. The Labute approximate surface area is 112 Å². The van der Waals surface area contributed by atoms with Gasteiger partial charge in [0.1, 0.15) is 18.3 Å². The summed E-state index contributed by atoms with van der Waals surface area (Å²) in [4.78, 5) is 25.9. The Hall–Kier alpha value is 0.0600. The lowest BCUT2D eigenvalue weighted by Crippen LogP contribution is -2.62. The van der Waals surface area contributed by atoms with Crippen molar-refractivity contribution in [2.45, 2.75) is 30.6 Å². The number of nitrogens with two attached hydrogens (primary N) is 1. The summed E-state index contributed by atoms with van der Waals surface area (Å²) in [5.41, 5.74) is 5.38. The summed E-state index contributed by atoms with van der Waals surface area (Å²) in [6, 6.07) is -1.52. The molecule has 0 radical (unpaired) electrons. The summed E-state index contributed by atoms with van der Waals surface area (Å²) >= 11 is 0. The molecule has 2 unspecified atom stereocenters. The molecule has 1 fully saturated rings. The van der Waals surface area contributed by atoms with Gasteiger partial charge in [0.25, 0.3) is 0 Å². The molecule has 1 saturated heterocycles. The van der Waals surface area contributed by atoms with Crippen molar-refractivity contribution in [3.05, 3.63) is 0 Å². The second-order valence-electron chi connectivity index (χ2n) is 3.93. The van der Waals surface area contributed by atoms with E-state index in [9.17, 15) is 19.3 Å². The van der Waals surface area contributed by atoms with Gasteiger partial charge in [0, 0.05) is 0 Å². The van der Waals surface area contributed by atoms with Crippen LogP contribution in [-0.4, -0.2) is 67.3 Å². The fourth-order valence-electron chi connectivity index (χ4n) is 1.48. The van der Waals surface area contributed by atoms with E-state index in [0.29, 0.717) is 0 Å². The number of phosphoric acid groups is 2. The molecule has 1 aliphatic heterocycles. The lowest BCUT2D eigenvalue weighted by molar-refractivity contribution is -0.242. The van der Waals surface area contributed by atoms with Crippen LogP contribution in [0.15, 0.2) is 0 Å². The first-order chi connectivity index (χ1) is 8.97. The largest absolute Gasteiger partial charge is 0.483 e. The molecule has 14 heteroatoms. The highest BCUT2D eigenvalue weighted by atomic mass is 31.3. The molecule has 20 heavy (non-hydrogen) atoms. The number of aliphatic hydroxyl groups excluding tert-OH is 3. The molecule has 8 N–H and O–H groups in total. The molecular formula is C6H15NO11P2. The minimum Gasteiger partial charge on any atom is -0.394 e. The molecule has 0 aromatic rings. The van der Waals surface area contributed by atoms with Gasteiger partial charge in [-0.3, -0.25) is 4.52 Å². The number of hydrogen-bond donors (Lipinski definition) is 7. The zero-order chi connectivity index (χ0) is 15.7. The molecule has 0 bridgehead atoms. The van der Waals surface area contributed by atoms with Crippen molar-refractivity contribution < 1.29 is 52.7 Å². The molecule has 0 aromatic carbocycles. The maximum absolute atomic E-state index is 11.3. The van der Waals surface area contributed by atoms with Crippen LogP contribution in [0.2, 0.25) is 0 Å². The molecule has 0 amide bonds. The topological polar surface area (TPSA) is 209 Å². The van der Waals surface area contributed by atoms with Gasteiger partial charge in [-0.1, -0.05) is 0 Å². The van der Waals surface area contributed by atoms with Crippen molar-refractivity contribution in [3.8, 4) is 0 Å². The lowest BCUT2D eigenvalue weighted by Gasteiger charge is -2.40. The molecule has 0 aliphatic carbocycles. The van der Waals surface area contributed by atoms with Gasteiger partial charge < -0.3 is 40.5 Å². The smallest absolute Gasteiger partial charge is 0.394 e. The molecule has 1 aliphatic rings. The third-order valence-electron chi connectivity index (χ3n) is 2.37. The normalized spacial score (nSPS) is 38.5. The van der Waals surface area contributed by atoms with Crippen molar-refractivity contribution in [2.24, 2.45) is 5.73 Å². The van der Waals surface area contributed by atoms with E-state index >= 15 is 0 Å². The molecule has 12 nitrogen and oxygen atoms in total. The van der Waals surface area contributed by atoms with Crippen LogP contribution in [0.5, 0.6) is 0 Å². The maximum Gasteiger partial charge on any atom is 0.483 e. The van der Waals surface area contributed by atoms with E-state index in [2.05, 4.69) is 8.83 Å². The Kier molecular flexibility index (Phi) is 5.83. The van der Waals surface area contributed by atoms with Gasteiger partial charge in [0.05, 0.1) is 12.6 Å². The highest BCUT2D eigenvalue weighted by Gasteiger charge is 2.47. The van der Waals surface area contributed by atoms with E-state index in [1.165, 1.54) is 0 Å².